The quantitative estimate of drug-likeness (QED) is 0.672. The summed E-state index contributed by atoms with van der Waals surface area (Å²) in [5.41, 5.74) is 3.83. The average Bonchev–Trinajstić information content (AvgIpc) is 2.92. The van der Waals surface area contributed by atoms with Crippen LogP contribution in [0.5, 0.6) is 5.75 Å². The number of carbonyl (C=O) groups excluding carboxylic acids is 1. The van der Waals surface area contributed by atoms with Crippen LogP contribution in [0.25, 0.3) is 11.0 Å². The molecule has 1 heterocycles. The Bertz CT molecular complexity index is 848. The van der Waals surface area contributed by atoms with Gasteiger partial charge in [-0.05, 0) is 42.8 Å². The van der Waals surface area contributed by atoms with E-state index < -0.39 is 0 Å². The summed E-state index contributed by atoms with van der Waals surface area (Å²) in [5, 5.41) is 0. The Morgan fingerprint density at radius 1 is 1.17 bits per heavy atom. The van der Waals surface area contributed by atoms with Crippen molar-refractivity contribution in [1.82, 2.24) is 9.55 Å². The number of methoxy groups -OCH3 is 1. The molecule has 0 radical (unpaired) electrons. The zero-order valence-corrected chi connectivity index (χ0v) is 13.7. The van der Waals surface area contributed by atoms with Gasteiger partial charge >= 0.3 is 0 Å². The zero-order chi connectivity index (χ0) is 16.4. The molecular formula is C19H20N2O2. The van der Waals surface area contributed by atoms with Crippen molar-refractivity contribution < 1.29 is 9.53 Å². The van der Waals surface area contributed by atoms with E-state index in [1.54, 1.807) is 14.0 Å². The predicted octanol–water partition coefficient (Wildman–Crippen LogP) is 3.86. The van der Waals surface area contributed by atoms with E-state index in [0.29, 0.717) is 5.56 Å². The Morgan fingerprint density at radius 2 is 1.91 bits per heavy atom. The minimum atomic E-state index is 0.0645. The number of benzene rings is 2. The molecule has 0 saturated carbocycles. The number of hydrogen-bond donors (Lipinski definition) is 0. The maximum Gasteiger partial charge on any atom is 0.159 e. The van der Waals surface area contributed by atoms with Gasteiger partial charge in [0.1, 0.15) is 11.6 Å². The fraction of sp³-hybridized carbons (Fsp3) is 0.263. The molecule has 2 aromatic carbocycles. The molecule has 4 heteroatoms. The predicted molar refractivity (Wildman–Crippen MR) is 91.2 cm³/mol. The number of Topliss-reactive ketones (excluding diaryl/α,β-unsaturated/α-hetero) is 1. The van der Waals surface area contributed by atoms with Crippen molar-refractivity contribution in [2.24, 2.45) is 0 Å². The van der Waals surface area contributed by atoms with Gasteiger partial charge in [-0.15, -0.1) is 0 Å². The molecule has 0 unspecified atom stereocenters. The van der Waals surface area contributed by atoms with Crippen molar-refractivity contribution in [2.75, 3.05) is 7.11 Å². The minimum absolute atomic E-state index is 0.0645. The summed E-state index contributed by atoms with van der Waals surface area (Å²) in [5.74, 6) is 1.94. The van der Waals surface area contributed by atoms with Crippen LogP contribution in [0.1, 0.15) is 35.6 Å². The highest BCUT2D eigenvalue weighted by Crippen LogP contribution is 2.21. The van der Waals surface area contributed by atoms with Gasteiger partial charge in [0.25, 0.3) is 0 Å². The molecular weight excluding hydrogens is 288 g/mol. The van der Waals surface area contributed by atoms with Crippen LogP contribution in [-0.4, -0.2) is 22.4 Å². The SMILES string of the molecule is CCc1nc2cc(C(C)=O)ccc2n1Cc1ccc(OC)cc1. The number of ketones is 1. The number of fused-ring (bicyclic) bond motifs is 1. The molecule has 3 rings (SSSR count). The van der Waals surface area contributed by atoms with Gasteiger partial charge in [-0.3, -0.25) is 4.79 Å². The summed E-state index contributed by atoms with van der Waals surface area (Å²) in [6.07, 6.45) is 0.847. The molecule has 0 fully saturated rings. The van der Waals surface area contributed by atoms with Crippen LogP contribution >= 0.6 is 0 Å². The number of nitrogens with zero attached hydrogens (tertiary/aromatic N) is 2. The number of aryl methyl sites for hydroxylation is 1. The normalized spacial score (nSPS) is 10.9. The van der Waals surface area contributed by atoms with Crippen molar-refractivity contribution in [2.45, 2.75) is 26.8 Å². The van der Waals surface area contributed by atoms with Crippen molar-refractivity contribution in [3.8, 4) is 5.75 Å². The maximum absolute atomic E-state index is 11.6. The van der Waals surface area contributed by atoms with Crippen LogP contribution in [0.2, 0.25) is 0 Å². The highest BCUT2D eigenvalue weighted by atomic mass is 16.5. The third-order valence-corrected chi connectivity index (χ3v) is 4.05. The van der Waals surface area contributed by atoms with Gasteiger partial charge in [-0.1, -0.05) is 19.1 Å². The van der Waals surface area contributed by atoms with Gasteiger partial charge in [-0.2, -0.15) is 0 Å². The van der Waals surface area contributed by atoms with Gasteiger partial charge in [0, 0.05) is 18.5 Å². The zero-order valence-electron chi connectivity index (χ0n) is 13.7. The molecule has 1 aromatic heterocycles. The van der Waals surface area contributed by atoms with E-state index in [4.69, 9.17) is 9.72 Å². The molecule has 4 nitrogen and oxygen atoms in total. The molecule has 0 aliphatic carbocycles. The lowest BCUT2D eigenvalue weighted by Crippen LogP contribution is -2.04. The van der Waals surface area contributed by atoms with E-state index in [9.17, 15) is 4.79 Å². The molecule has 0 N–H and O–H groups in total. The molecule has 0 saturated heterocycles. The van der Waals surface area contributed by atoms with Crippen molar-refractivity contribution in [3.63, 3.8) is 0 Å². The number of carbonyl (C=O) groups is 1. The number of rotatable bonds is 5. The third-order valence-electron chi connectivity index (χ3n) is 4.05. The molecule has 3 aromatic rings. The molecule has 118 valence electrons. The summed E-state index contributed by atoms with van der Waals surface area (Å²) in [7, 11) is 1.67. The Morgan fingerprint density at radius 3 is 2.52 bits per heavy atom. The van der Waals surface area contributed by atoms with Crippen molar-refractivity contribution in [1.29, 1.82) is 0 Å². The van der Waals surface area contributed by atoms with E-state index in [0.717, 1.165) is 35.6 Å². The van der Waals surface area contributed by atoms with Crippen LogP contribution in [0.4, 0.5) is 0 Å². The van der Waals surface area contributed by atoms with Crippen molar-refractivity contribution in [3.05, 3.63) is 59.4 Å². The lowest BCUT2D eigenvalue weighted by molar-refractivity contribution is 0.101. The maximum atomic E-state index is 11.6. The number of imidazole rings is 1. The van der Waals surface area contributed by atoms with Gasteiger partial charge in [0.2, 0.25) is 0 Å². The van der Waals surface area contributed by atoms with Gasteiger partial charge in [0.15, 0.2) is 5.78 Å². The first kappa shape index (κ1) is 15.3. The van der Waals surface area contributed by atoms with E-state index in [1.165, 1.54) is 5.56 Å². The Labute approximate surface area is 135 Å². The topological polar surface area (TPSA) is 44.1 Å². The van der Waals surface area contributed by atoms with Crippen LogP contribution in [-0.2, 0) is 13.0 Å². The molecule has 0 aliphatic heterocycles. The van der Waals surface area contributed by atoms with Crippen LogP contribution in [0, 0.1) is 0 Å². The number of ether oxygens (including phenoxy) is 1. The second kappa shape index (κ2) is 6.24. The van der Waals surface area contributed by atoms with Crippen LogP contribution in [0.15, 0.2) is 42.5 Å². The average molecular weight is 308 g/mol. The summed E-state index contributed by atoms with van der Waals surface area (Å²) in [6, 6.07) is 13.8. The van der Waals surface area contributed by atoms with E-state index in [-0.39, 0.29) is 5.78 Å². The Kier molecular flexibility index (Phi) is 4.15. The molecule has 23 heavy (non-hydrogen) atoms. The molecule has 0 spiro atoms. The number of aromatic nitrogens is 2. The molecule has 0 aliphatic rings. The second-order valence-electron chi connectivity index (χ2n) is 5.58. The highest BCUT2D eigenvalue weighted by Gasteiger charge is 2.11. The first-order valence-electron chi connectivity index (χ1n) is 7.75. The van der Waals surface area contributed by atoms with Crippen molar-refractivity contribution >= 4 is 16.8 Å². The second-order valence-corrected chi connectivity index (χ2v) is 5.58. The van der Waals surface area contributed by atoms with E-state index >= 15 is 0 Å². The third kappa shape index (κ3) is 2.97. The lowest BCUT2D eigenvalue weighted by Gasteiger charge is -2.09. The summed E-state index contributed by atoms with van der Waals surface area (Å²) >= 11 is 0. The minimum Gasteiger partial charge on any atom is -0.497 e. The van der Waals surface area contributed by atoms with Crippen LogP contribution in [0.3, 0.4) is 0 Å². The lowest BCUT2D eigenvalue weighted by atomic mass is 10.1. The fourth-order valence-electron chi connectivity index (χ4n) is 2.76. The smallest absolute Gasteiger partial charge is 0.159 e. The highest BCUT2D eigenvalue weighted by molar-refractivity contribution is 5.97. The van der Waals surface area contributed by atoms with Gasteiger partial charge < -0.3 is 9.30 Å². The first-order valence-corrected chi connectivity index (χ1v) is 7.75. The van der Waals surface area contributed by atoms with E-state index in [2.05, 4.69) is 23.6 Å². The fourth-order valence-corrected chi connectivity index (χ4v) is 2.76. The summed E-state index contributed by atoms with van der Waals surface area (Å²) in [4.78, 5) is 16.2. The molecule has 0 atom stereocenters. The molecule has 0 amide bonds. The van der Waals surface area contributed by atoms with E-state index in [1.807, 2.05) is 30.3 Å². The van der Waals surface area contributed by atoms with Gasteiger partial charge in [-0.25, -0.2) is 4.98 Å². The summed E-state index contributed by atoms with van der Waals surface area (Å²) in [6.45, 7) is 4.43. The summed E-state index contributed by atoms with van der Waals surface area (Å²) < 4.78 is 7.41. The van der Waals surface area contributed by atoms with Crippen LogP contribution < -0.4 is 4.74 Å². The standard InChI is InChI=1S/C19H20N2O2/c1-4-19-20-17-11-15(13(2)22)7-10-18(17)21(19)12-14-5-8-16(23-3)9-6-14/h5-11H,4,12H2,1-3H3. The number of hydrogen-bond acceptors (Lipinski definition) is 3. The molecule has 0 bridgehead atoms. The monoisotopic (exact) mass is 308 g/mol. The first-order chi connectivity index (χ1) is 11.1. The largest absolute Gasteiger partial charge is 0.497 e. The van der Waals surface area contributed by atoms with Gasteiger partial charge in [0.05, 0.1) is 18.1 Å². The Balaban J connectivity index is 2.02. The Hall–Kier alpha value is -2.62.